The lowest BCUT2D eigenvalue weighted by Gasteiger charge is -2.25. The normalized spacial score (nSPS) is 11.6. The van der Waals surface area contributed by atoms with Gasteiger partial charge in [-0.15, -0.1) is 0 Å². The molecule has 0 aliphatic heterocycles. The quantitative estimate of drug-likeness (QED) is 0.226. The molecule has 2 aromatic rings. The molecule has 2 rings (SSSR count). The van der Waals surface area contributed by atoms with Crippen LogP contribution in [0.1, 0.15) is 88.6 Å². The number of nitroso groups, excluding NO2 is 1. The maximum atomic E-state index is 10.6. The minimum atomic E-state index is -0.479. The molecule has 0 aliphatic rings. The molecular formula is C29H44N4O. The summed E-state index contributed by atoms with van der Waals surface area (Å²) in [7, 11) is 2.05. The zero-order valence-corrected chi connectivity index (χ0v) is 23.2. The lowest BCUT2D eigenvalue weighted by atomic mass is 9.96. The molecule has 0 saturated heterocycles. The van der Waals surface area contributed by atoms with Crippen molar-refractivity contribution in [3.8, 4) is 0 Å². The number of anilines is 1. The molecule has 0 heterocycles. The van der Waals surface area contributed by atoms with E-state index in [-0.39, 0.29) is 0 Å². The van der Waals surface area contributed by atoms with E-state index in [1.54, 1.807) is 0 Å². The van der Waals surface area contributed by atoms with Crippen LogP contribution in [-0.2, 0) is 0 Å². The fourth-order valence-electron chi connectivity index (χ4n) is 3.46. The van der Waals surface area contributed by atoms with Gasteiger partial charge in [0.2, 0.25) is 0 Å². The monoisotopic (exact) mass is 464 g/mol. The van der Waals surface area contributed by atoms with Crippen LogP contribution >= 0.6 is 0 Å². The molecule has 0 fully saturated rings. The number of benzene rings is 2. The van der Waals surface area contributed by atoms with Gasteiger partial charge in [-0.25, -0.2) is 0 Å². The van der Waals surface area contributed by atoms with Gasteiger partial charge in [0.05, 0.1) is 11.3 Å². The van der Waals surface area contributed by atoms with E-state index in [0.29, 0.717) is 5.92 Å². The maximum Gasteiger partial charge on any atom is 0.0987 e. The van der Waals surface area contributed by atoms with Crippen LogP contribution in [0.25, 0.3) is 0 Å². The number of hydrogen-bond acceptors (Lipinski definition) is 5. The van der Waals surface area contributed by atoms with Crippen molar-refractivity contribution in [2.75, 3.05) is 18.5 Å². The first-order valence-electron chi connectivity index (χ1n) is 12.1. The van der Waals surface area contributed by atoms with Crippen molar-refractivity contribution in [3.05, 3.63) is 69.1 Å². The fraction of sp³-hybridized carbons (Fsp3) is 0.517. The summed E-state index contributed by atoms with van der Waals surface area (Å²) in [5.74, 6) is 0.540. The van der Waals surface area contributed by atoms with Crippen LogP contribution in [-0.4, -0.2) is 30.6 Å². The molecule has 5 heteroatoms. The molecule has 0 amide bonds. The SMILES string of the molecule is CC(C)=N/N=C(\C)c1cc(C(C)C)ccc1C.Cc1ccc(N(C)CCC(C)(C)N=O)c(C)c1. The van der Waals surface area contributed by atoms with Crippen LogP contribution in [0.4, 0.5) is 5.69 Å². The van der Waals surface area contributed by atoms with Crippen molar-refractivity contribution in [1.29, 1.82) is 0 Å². The minimum Gasteiger partial charge on any atom is -0.374 e. The predicted octanol–water partition coefficient (Wildman–Crippen LogP) is 8.00. The second-order valence-corrected chi connectivity index (χ2v) is 10.3. The summed E-state index contributed by atoms with van der Waals surface area (Å²) in [4.78, 5) is 12.8. The first kappa shape index (κ1) is 29.2. The van der Waals surface area contributed by atoms with Crippen molar-refractivity contribution in [2.45, 2.75) is 87.1 Å². The summed E-state index contributed by atoms with van der Waals surface area (Å²) in [6, 6.07) is 13.0. The number of hydrogen-bond donors (Lipinski definition) is 0. The van der Waals surface area contributed by atoms with Crippen LogP contribution < -0.4 is 4.90 Å². The van der Waals surface area contributed by atoms with Gasteiger partial charge in [0.15, 0.2) is 0 Å². The second kappa shape index (κ2) is 13.2. The van der Waals surface area contributed by atoms with Gasteiger partial charge in [0.25, 0.3) is 0 Å². The molecule has 0 aliphatic carbocycles. The second-order valence-electron chi connectivity index (χ2n) is 10.3. The molecule has 2 aromatic carbocycles. The average Bonchev–Trinajstić information content (AvgIpc) is 2.76. The Morgan fingerprint density at radius 3 is 2.12 bits per heavy atom. The summed E-state index contributed by atoms with van der Waals surface area (Å²) in [5, 5.41) is 11.5. The molecule has 0 unspecified atom stereocenters. The van der Waals surface area contributed by atoms with Crippen LogP contribution in [0.15, 0.2) is 51.8 Å². The Bertz CT molecular complexity index is 1010. The first-order chi connectivity index (χ1) is 15.8. The van der Waals surface area contributed by atoms with Crippen molar-refractivity contribution in [1.82, 2.24) is 0 Å². The van der Waals surface area contributed by atoms with Gasteiger partial charge in [0.1, 0.15) is 0 Å². The van der Waals surface area contributed by atoms with Crippen LogP contribution in [0.3, 0.4) is 0 Å². The topological polar surface area (TPSA) is 57.4 Å². The van der Waals surface area contributed by atoms with E-state index >= 15 is 0 Å². The van der Waals surface area contributed by atoms with Gasteiger partial charge in [-0.3, -0.25) is 0 Å². The molecule has 0 atom stereocenters. The molecule has 0 saturated carbocycles. The van der Waals surface area contributed by atoms with Crippen LogP contribution in [0, 0.1) is 25.7 Å². The Labute approximate surface area is 207 Å². The Hall–Kier alpha value is -2.82. The smallest absolute Gasteiger partial charge is 0.0987 e. The highest BCUT2D eigenvalue weighted by molar-refractivity contribution is 6.00. The molecule has 0 spiro atoms. The molecular weight excluding hydrogens is 420 g/mol. The fourth-order valence-corrected chi connectivity index (χ4v) is 3.46. The van der Waals surface area contributed by atoms with E-state index in [2.05, 4.69) is 98.3 Å². The van der Waals surface area contributed by atoms with Crippen molar-refractivity contribution >= 4 is 17.1 Å². The third-order valence-corrected chi connectivity index (χ3v) is 5.79. The molecule has 186 valence electrons. The predicted molar refractivity (Wildman–Crippen MR) is 150 cm³/mol. The lowest BCUT2D eigenvalue weighted by molar-refractivity contribution is 0.478. The summed E-state index contributed by atoms with van der Waals surface area (Å²) >= 11 is 0. The molecule has 5 nitrogen and oxygen atoms in total. The third kappa shape index (κ3) is 9.58. The molecule has 0 aromatic heterocycles. The van der Waals surface area contributed by atoms with Gasteiger partial charge in [-0.2, -0.15) is 15.1 Å². The summed E-state index contributed by atoms with van der Waals surface area (Å²) in [6.07, 6.45) is 0.764. The standard InChI is InChI=1S/C15H22N2.C14H22N2O/c1-10(2)14-8-7-12(5)15(9-14)13(6)17-16-11(3)4;1-11-6-7-13(12(2)10-11)16(5)9-8-14(3,4)15-17/h7-10H,1-6H3;6-7,10H,8-9H2,1-5H3/b17-13+;. The van der Waals surface area contributed by atoms with E-state index in [4.69, 9.17) is 0 Å². The van der Waals surface area contributed by atoms with Crippen LogP contribution in [0.2, 0.25) is 0 Å². The molecule has 0 bridgehead atoms. The summed E-state index contributed by atoms with van der Waals surface area (Å²) in [6.45, 7) is 21.2. The Morgan fingerprint density at radius 2 is 1.59 bits per heavy atom. The van der Waals surface area contributed by atoms with Gasteiger partial charge < -0.3 is 4.90 Å². The first-order valence-corrected chi connectivity index (χ1v) is 12.1. The maximum absolute atomic E-state index is 10.6. The zero-order valence-electron chi connectivity index (χ0n) is 23.2. The van der Waals surface area contributed by atoms with E-state index < -0.39 is 5.54 Å². The van der Waals surface area contributed by atoms with Gasteiger partial charge >= 0.3 is 0 Å². The Balaban J connectivity index is 0.000000340. The molecule has 0 N–H and O–H groups in total. The number of rotatable bonds is 8. The lowest BCUT2D eigenvalue weighted by Crippen LogP contribution is -2.27. The van der Waals surface area contributed by atoms with E-state index in [0.717, 1.165) is 24.4 Å². The van der Waals surface area contributed by atoms with Crippen molar-refractivity contribution < 1.29 is 0 Å². The van der Waals surface area contributed by atoms with E-state index in [9.17, 15) is 4.91 Å². The third-order valence-electron chi connectivity index (χ3n) is 5.79. The molecule has 0 radical (unpaired) electrons. The highest BCUT2D eigenvalue weighted by atomic mass is 16.3. The van der Waals surface area contributed by atoms with Gasteiger partial charge in [-0.05, 0) is 96.6 Å². The highest BCUT2D eigenvalue weighted by Gasteiger charge is 2.19. The summed E-state index contributed by atoms with van der Waals surface area (Å²) in [5.41, 5.74) is 9.02. The summed E-state index contributed by atoms with van der Waals surface area (Å²) < 4.78 is 0. The van der Waals surface area contributed by atoms with Gasteiger partial charge in [-0.1, -0.05) is 48.9 Å². The molecule has 34 heavy (non-hydrogen) atoms. The average molecular weight is 465 g/mol. The Kier molecular flexibility index (Phi) is 11.3. The van der Waals surface area contributed by atoms with Crippen molar-refractivity contribution in [2.24, 2.45) is 15.4 Å². The van der Waals surface area contributed by atoms with Gasteiger partial charge in [0, 0.05) is 30.6 Å². The highest BCUT2D eigenvalue weighted by Crippen LogP contribution is 2.22. The van der Waals surface area contributed by atoms with E-state index in [1.165, 1.54) is 33.5 Å². The minimum absolute atomic E-state index is 0.479. The number of nitrogens with zero attached hydrogens (tertiary/aromatic N) is 4. The zero-order chi connectivity index (χ0) is 26.1. The Morgan fingerprint density at radius 1 is 0.941 bits per heavy atom. The van der Waals surface area contributed by atoms with Crippen molar-refractivity contribution in [3.63, 3.8) is 0 Å². The van der Waals surface area contributed by atoms with Crippen LogP contribution in [0.5, 0.6) is 0 Å². The van der Waals surface area contributed by atoms with E-state index in [1.807, 2.05) is 34.6 Å². The number of aryl methyl sites for hydroxylation is 3. The largest absolute Gasteiger partial charge is 0.374 e.